The molecule has 1 heterocycles. The Hall–Kier alpha value is -6.89. The lowest BCUT2D eigenvalue weighted by Gasteiger charge is -2.35. The first kappa shape index (κ1) is 82.2. The van der Waals surface area contributed by atoms with Gasteiger partial charge in [-0.25, -0.2) is 22.7 Å². The van der Waals surface area contributed by atoms with Gasteiger partial charge in [-0.05, 0) is 170 Å². The smallest absolute Gasteiger partial charge is 0.408 e. The third kappa shape index (κ3) is 26.8. The Morgan fingerprint density at radius 3 is 1.61 bits per heavy atom. The molecule has 530 valence electrons. The molecule has 0 bridgehead atoms. The van der Waals surface area contributed by atoms with Crippen molar-refractivity contribution in [2.45, 2.75) is 266 Å². The molecule has 2 rings (SSSR count). The van der Waals surface area contributed by atoms with E-state index >= 15 is 0 Å². The standard InChI is InChI=1S/C63H109N11O18S/c1-22-33(5)44(71-56(83)47(48(77)32(3)4)73-59(86)92-62(17,18)19)54(81)68-40(25-24-28-65-58(64)74-93(87,88)50-36(8)35(7)49-39(37(50)9)26-27-63(20,21)91-49)51(78)70-45(34(6)23-2)55(82)72-46(38(10)75)53(80)66-29-43(76)67-41(30-89-60(11,12)13)52(79)69-42(57(84)85)31-90-61(14,15)16/h32-34,38,40-42,44-48,75,77H,22-31H2,1-21H3,(H,66,80)(H,67,76)(H,68,81)(H,69,79)(H,70,78)(H,71,83)(H,72,82)(H,73,86)(H,84,85)(H3,64,65,74)/t33-,34-,38-,40+,41-,42-,44-,45-,46-,47-,48+/m0/s1. The minimum absolute atomic E-state index is 0.0176. The van der Waals surface area contributed by atoms with Crippen molar-refractivity contribution in [2.75, 3.05) is 26.3 Å². The second-order valence-electron chi connectivity index (χ2n) is 27.9. The predicted molar refractivity (Wildman–Crippen MR) is 348 cm³/mol. The summed E-state index contributed by atoms with van der Waals surface area (Å²) in [5, 5.41) is 51.8. The van der Waals surface area contributed by atoms with Gasteiger partial charge in [0.1, 0.15) is 53.2 Å². The van der Waals surface area contributed by atoms with Crippen LogP contribution in [0.15, 0.2) is 9.89 Å². The molecule has 11 atom stereocenters. The molecule has 0 aliphatic carbocycles. The highest BCUT2D eigenvalue weighted by molar-refractivity contribution is 7.90. The summed E-state index contributed by atoms with van der Waals surface area (Å²) in [5.41, 5.74) is 5.58. The summed E-state index contributed by atoms with van der Waals surface area (Å²) >= 11 is 0. The maximum absolute atomic E-state index is 14.7. The van der Waals surface area contributed by atoms with Crippen LogP contribution in [0.5, 0.6) is 5.75 Å². The topological polar surface area (TPSA) is 432 Å². The van der Waals surface area contributed by atoms with Crippen LogP contribution in [-0.4, -0.2) is 186 Å². The zero-order valence-corrected chi connectivity index (χ0v) is 59.2. The van der Waals surface area contributed by atoms with Crippen LogP contribution in [0.25, 0.3) is 0 Å². The number of aliphatic carboxylic acids is 1. The lowest BCUT2D eigenvalue weighted by molar-refractivity contribution is -0.146. The number of fused-ring (bicyclic) bond motifs is 1. The minimum atomic E-state index is -4.33. The number of benzene rings is 1. The van der Waals surface area contributed by atoms with Gasteiger partial charge >= 0.3 is 12.1 Å². The normalized spacial score (nSPS) is 17.1. The first-order valence-electron chi connectivity index (χ1n) is 31.7. The number of carbonyl (C=O) groups excluding carboxylic acids is 8. The summed E-state index contributed by atoms with van der Waals surface area (Å²) in [7, 11) is -4.33. The second kappa shape index (κ2) is 35.0. The molecule has 0 saturated heterocycles. The Balaban J connectivity index is 2.56. The molecule has 14 N–H and O–H groups in total. The van der Waals surface area contributed by atoms with Gasteiger partial charge in [-0.15, -0.1) is 0 Å². The van der Waals surface area contributed by atoms with Crippen molar-refractivity contribution in [3.63, 3.8) is 0 Å². The van der Waals surface area contributed by atoms with Gasteiger partial charge in [0.25, 0.3) is 10.0 Å². The van der Waals surface area contributed by atoms with Gasteiger partial charge in [0, 0.05) is 6.54 Å². The zero-order chi connectivity index (χ0) is 71.6. The Morgan fingerprint density at radius 2 is 1.12 bits per heavy atom. The number of nitrogens with zero attached hydrogens (tertiary/aromatic N) is 1. The molecule has 0 aromatic heterocycles. The molecule has 0 spiro atoms. The Labute approximate surface area is 548 Å². The highest BCUT2D eigenvalue weighted by Gasteiger charge is 2.40. The molecule has 93 heavy (non-hydrogen) atoms. The Kier molecular flexibility index (Phi) is 31.0. The second-order valence-corrected chi connectivity index (χ2v) is 29.5. The number of aliphatic hydroxyl groups excluding tert-OH is 2. The number of alkyl carbamates (subject to hydrolysis) is 1. The maximum atomic E-state index is 14.7. The molecule has 0 saturated carbocycles. The molecule has 0 fully saturated rings. The van der Waals surface area contributed by atoms with Crippen LogP contribution in [-0.2, 0) is 69.0 Å². The highest BCUT2D eigenvalue weighted by atomic mass is 32.2. The van der Waals surface area contributed by atoms with E-state index in [0.29, 0.717) is 35.3 Å². The van der Waals surface area contributed by atoms with Crippen LogP contribution in [0, 0.1) is 38.5 Å². The SMILES string of the molecule is CC[C@H](C)[C@H](NC(=O)[C@@H](NC(=O)OC(C)(C)C)[C@H](O)C(C)C)C(=O)N[C@H](CCCN=C(N)NS(=O)(=O)c1c(C)c(C)c2c(c1C)CCC(C)(C)O2)C(=O)N[C@H](C(=O)N[C@H](C(=O)NCC(=O)N[C@@H](COC(C)(C)C)C(=O)N[C@@H](COC(C)(C)C)C(=O)O)[C@H](C)O)[C@@H](C)CC. The van der Waals surface area contributed by atoms with Crippen LogP contribution in [0.2, 0.25) is 0 Å². The monoisotopic (exact) mass is 1340 g/mol. The summed E-state index contributed by atoms with van der Waals surface area (Å²) in [5.74, 6) is -9.94. The summed E-state index contributed by atoms with van der Waals surface area (Å²) in [6, 6.07) is -10.8. The van der Waals surface area contributed by atoms with E-state index in [2.05, 4.69) is 52.2 Å². The third-order valence-corrected chi connectivity index (χ3v) is 17.1. The van der Waals surface area contributed by atoms with Gasteiger partial charge in [0.05, 0.1) is 48.1 Å². The Bertz CT molecular complexity index is 2940. The number of sulfonamides is 1. The fourth-order valence-corrected chi connectivity index (χ4v) is 11.0. The van der Waals surface area contributed by atoms with E-state index < -0.39 is 184 Å². The van der Waals surface area contributed by atoms with Crippen LogP contribution >= 0.6 is 0 Å². The maximum Gasteiger partial charge on any atom is 0.408 e. The molecule has 1 aliphatic heterocycles. The molecule has 1 aliphatic rings. The van der Waals surface area contributed by atoms with Gasteiger partial charge < -0.3 is 82.5 Å². The van der Waals surface area contributed by atoms with Crippen LogP contribution in [0.4, 0.5) is 4.79 Å². The van der Waals surface area contributed by atoms with Crippen molar-refractivity contribution in [2.24, 2.45) is 28.5 Å². The number of hydrogen-bond acceptors (Lipinski definition) is 18. The number of hydrogen-bond donors (Lipinski definition) is 13. The molecule has 1 aromatic rings. The van der Waals surface area contributed by atoms with Crippen molar-refractivity contribution in [3.05, 3.63) is 22.3 Å². The number of nitrogens with two attached hydrogens (primary N) is 1. The van der Waals surface area contributed by atoms with Crippen molar-refractivity contribution in [1.29, 1.82) is 0 Å². The summed E-state index contributed by atoms with van der Waals surface area (Å²) in [6.07, 6.45) is -2.66. The fraction of sp³-hybridized carbons (Fsp3) is 0.746. The van der Waals surface area contributed by atoms with Gasteiger partial charge in [-0.3, -0.25) is 38.6 Å². The molecule has 1 aromatic carbocycles. The van der Waals surface area contributed by atoms with Crippen molar-refractivity contribution >= 4 is 69.4 Å². The number of amides is 8. The van der Waals surface area contributed by atoms with E-state index in [-0.39, 0.29) is 37.1 Å². The Morgan fingerprint density at radius 1 is 0.634 bits per heavy atom. The minimum Gasteiger partial charge on any atom is -0.487 e. The van der Waals surface area contributed by atoms with Gasteiger partial charge in [-0.2, -0.15) is 0 Å². The van der Waals surface area contributed by atoms with Crippen LogP contribution in [0.1, 0.15) is 179 Å². The number of rotatable bonds is 33. The highest BCUT2D eigenvalue weighted by Crippen LogP contribution is 2.42. The van der Waals surface area contributed by atoms with E-state index in [1.807, 2.05) is 13.8 Å². The predicted octanol–water partition coefficient (Wildman–Crippen LogP) is 2.21. The largest absolute Gasteiger partial charge is 0.487 e. The van der Waals surface area contributed by atoms with Crippen molar-refractivity contribution < 1.29 is 85.8 Å². The fourth-order valence-electron chi connectivity index (χ4n) is 9.49. The molecule has 8 amide bonds. The van der Waals surface area contributed by atoms with Gasteiger partial charge in [0.15, 0.2) is 6.04 Å². The quantitative estimate of drug-likeness (QED) is 0.0272. The van der Waals surface area contributed by atoms with Crippen LogP contribution < -0.4 is 57.7 Å². The first-order chi connectivity index (χ1) is 42.6. The molecule has 0 radical (unpaired) electrons. The summed E-state index contributed by atoms with van der Waals surface area (Å²) in [6.45, 7) is 33.2. The number of carboxylic acid groups (broad SMARTS) is 1. The average Bonchev–Trinajstić information content (AvgIpc) is 0.753. The van der Waals surface area contributed by atoms with E-state index in [4.69, 9.17) is 24.7 Å². The average molecular weight is 1340 g/mol. The number of nitrogens with one attached hydrogen (secondary N) is 9. The lowest BCUT2D eigenvalue weighted by Crippen LogP contribution is -2.63. The van der Waals surface area contributed by atoms with E-state index in [1.54, 1.807) is 125 Å². The molecule has 30 heteroatoms. The van der Waals surface area contributed by atoms with Crippen molar-refractivity contribution in [3.8, 4) is 5.75 Å². The lowest BCUT2D eigenvalue weighted by atomic mass is 9.88. The molecule has 29 nitrogen and oxygen atoms in total. The number of carboxylic acids is 1. The number of guanidine groups is 1. The third-order valence-electron chi connectivity index (χ3n) is 15.4. The number of ether oxygens (including phenoxy) is 4. The number of aliphatic imine (C=N–C) groups is 1. The summed E-state index contributed by atoms with van der Waals surface area (Å²) in [4.78, 5) is 128. The molecular weight excluding hydrogens is 1230 g/mol. The number of aliphatic hydroxyl groups is 2. The first-order valence-corrected chi connectivity index (χ1v) is 33.1. The van der Waals surface area contributed by atoms with E-state index in [1.165, 1.54) is 6.92 Å². The van der Waals surface area contributed by atoms with E-state index in [0.717, 1.165) is 5.56 Å². The van der Waals surface area contributed by atoms with Gasteiger partial charge in [-0.1, -0.05) is 54.4 Å². The zero-order valence-electron chi connectivity index (χ0n) is 58.4. The van der Waals surface area contributed by atoms with E-state index in [9.17, 15) is 66.9 Å². The van der Waals surface area contributed by atoms with Crippen LogP contribution in [0.3, 0.4) is 0 Å². The molecule has 0 unspecified atom stereocenters. The number of carbonyl (C=O) groups is 9. The summed E-state index contributed by atoms with van der Waals surface area (Å²) < 4.78 is 53.4. The molecular formula is C63H109N11O18S. The van der Waals surface area contributed by atoms with Crippen molar-refractivity contribution in [1.82, 2.24) is 47.3 Å². The van der Waals surface area contributed by atoms with Gasteiger partial charge in [0.2, 0.25) is 47.3 Å².